The zero-order chi connectivity index (χ0) is 13.1. The number of amides is 1. The summed E-state index contributed by atoms with van der Waals surface area (Å²) < 4.78 is 0. The Morgan fingerprint density at radius 1 is 1.56 bits per heavy atom. The molecule has 0 fully saturated rings. The van der Waals surface area contributed by atoms with Gasteiger partial charge in [-0.25, -0.2) is 4.98 Å². The van der Waals surface area contributed by atoms with Gasteiger partial charge in [0.15, 0.2) is 0 Å². The molecule has 0 unspecified atom stereocenters. The lowest BCUT2D eigenvalue weighted by atomic mass is 10.2. The average Bonchev–Trinajstić information content (AvgIpc) is 2.84. The molecule has 0 N–H and O–H groups in total. The normalized spacial score (nSPS) is 10.4. The van der Waals surface area contributed by atoms with Crippen LogP contribution in [0.4, 0.5) is 0 Å². The Morgan fingerprint density at radius 3 is 3.00 bits per heavy atom. The van der Waals surface area contributed by atoms with Crippen molar-refractivity contribution < 1.29 is 4.79 Å². The van der Waals surface area contributed by atoms with Crippen molar-refractivity contribution in [2.24, 2.45) is 0 Å². The molecule has 1 amide bonds. The molecule has 0 spiro atoms. The number of rotatable bonds is 3. The van der Waals surface area contributed by atoms with E-state index in [1.165, 1.54) is 11.3 Å². The standard InChI is InChI=1S/C12H11ClN2OS2/c1-15(5-8-6-18-7-14-8)12(16)10-4-9(17)2-3-11(10)13/h2-4,6-7,17H,5H2,1H3. The number of carbonyl (C=O) groups is 1. The Bertz CT molecular complexity index is 557. The van der Waals surface area contributed by atoms with Gasteiger partial charge in [-0.2, -0.15) is 0 Å². The van der Waals surface area contributed by atoms with Crippen molar-refractivity contribution in [3.05, 3.63) is 45.4 Å². The molecule has 2 aromatic rings. The van der Waals surface area contributed by atoms with Gasteiger partial charge < -0.3 is 4.90 Å². The monoisotopic (exact) mass is 298 g/mol. The molecule has 1 aromatic carbocycles. The van der Waals surface area contributed by atoms with E-state index in [0.717, 1.165) is 5.69 Å². The summed E-state index contributed by atoms with van der Waals surface area (Å²) in [7, 11) is 1.73. The van der Waals surface area contributed by atoms with Gasteiger partial charge in [0, 0.05) is 17.3 Å². The van der Waals surface area contributed by atoms with Crippen molar-refractivity contribution in [1.82, 2.24) is 9.88 Å². The van der Waals surface area contributed by atoms with Crippen LogP contribution in [0.15, 0.2) is 34.0 Å². The molecule has 0 radical (unpaired) electrons. The summed E-state index contributed by atoms with van der Waals surface area (Å²) >= 11 is 11.7. The zero-order valence-electron chi connectivity index (χ0n) is 9.63. The van der Waals surface area contributed by atoms with Crippen molar-refractivity contribution in [2.75, 3.05) is 7.05 Å². The summed E-state index contributed by atoms with van der Waals surface area (Å²) in [5.41, 5.74) is 3.07. The third-order valence-electron chi connectivity index (χ3n) is 2.41. The molecule has 0 aliphatic heterocycles. The highest BCUT2D eigenvalue weighted by atomic mass is 35.5. The van der Waals surface area contributed by atoms with E-state index in [-0.39, 0.29) is 5.91 Å². The molecular weight excluding hydrogens is 288 g/mol. The Kier molecular flexibility index (Phi) is 4.27. The fourth-order valence-electron chi connectivity index (χ4n) is 1.51. The predicted molar refractivity (Wildman–Crippen MR) is 76.6 cm³/mol. The Balaban J connectivity index is 2.17. The van der Waals surface area contributed by atoms with E-state index >= 15 is 0 Å². The van der Waals surface area contributed by atoms with Crippen molar-refractivity contribution in [1.29, 1.82) is 0 Å². The third-order valence-corrected chi connectivity index (χ3v) is 3.65. The van der Waals surface area contributed by atoms with Crippen molar-refractivity contribution in [3.63, 3.8) is 0 Å². The van der Waals surface area contributed by atoms with Crippen LogP contribution in [0.3, 0.4) is 0 Å². The maximum absolute atomic E-state index is 12.2. The van der Waals surface area contributed by atoms with Gasteiger partial charge in [0.2, 0.25) is 0 Å². The molecule has 18 heavy (non-hydrogen) atoms. The number of hydrogen-bond donors (Lipinski definition) is 1. The van der Waals surface area contributed by atoms with Gasteiger partial charge in [-0.3, -0.25) is 4.79 Å². The summed E-state index contributed by atoms with van der Waals surface area (Å²) in [5.74, 6) is -0.135. The molecule has 6 heteroatoms. The highest BCUT2D eigenvalue weighted by Gasteiger charge is 2.16. The highest BCUT2D eigenvalue weighted by molar-refractivity contribution is 7.80. The van der Waals surface area contributed by atoms with Gasteiger partial charge in [0.05, 0.1) is 28.3 Å². The van der Waals surface area contributed by atoms with Crippen LogP contribution in [-0.2, 0) is 6.54 Å². The SMILES string of the molecule is CN(Cc1cscn1)C(=O)c1cc(S)ccc1Cl. The molecule has 0 aliphatic carbocycles. The fraction of sp³-hybridized carbons (Fsp3) is 0.167. The molecule has 1 aromatic heterocycles. The maximum atomic E-state index is 12.2. The molecule has 3 nitrogen and oxygen atoms in total. The van der Waals surface area contributed by atoms with Gasteiger partial charge in [-0.15, -0.1) is 24.0 Å². The van der Waals surface area contributed by atoms with Crippen LogP contribution in [0.2, 0.25) is 5.02 Å². The zero-order valence-corrected chi connectivity index (χ0v) is 12.1. The van der Waals surface area contributed by atoms with Gasteiger partial charge in [-0.05, 0) is 18.2 Å². The molecule has 1 heterocycles. The maximum Gasteiger partial charge on any atom is 0.255 e. The second-order valence-corrected chi connectivity index (χ2v) is 5.45. The number of nitrogens with zero attached hydrogens (tertiary/aromatic N) is 2. The summed E-state index contributed by atoms with van der Waals surface area (Å²) in [5, 5.41) is 2.35. The second kappa shape index (κ2) is 5.73. The first-order valence-electron chi connectivity index (χ1n) is 5.19. The van der Waals surface area contributed by atoms with Crippen LogP contribution in [0.25, 0.3) is 0 Å². The van der Waals surface area contributed by atoms with E-state index in [1.807, 2.05) is 5.38 Å². The van der Waals surface area contributed by atoms with Crippen molar-refractivity contribution >= 4 is 41.5 Å². The van der Waals surface area contributed by atoms with Crippen molar-refractivity contribution in [2.45, 2.75) is 11.4 Å². The smallest absolute Gasteiger partial charge is 0.255 e. The van der Waals surface area contributed by atoms with E-state index in [2.05, 4.69) is 17.6 Å². The van der Waals surface area contributed by atoms with E-state index < -0.39 is 0 Å². The number of thiol groups is 1. The second-order valence-electron chi connectivity index (χ2n) is 3.81. The molecule has 2 rings (SSSR count). The first kappa shape index (κ1) is 13.4. The van der Waals surface area contributed by atoms with Crippen LogP contribution >= 0.6 is 35.6 Å². The summed E-state index contributed by atoms with van der Waals surface area (Å²) in [6, 6.07) is 5.10. The number of halogens is 1. The topological polar surface area (TPSA) is 33.2 Å². The molecule has 0 aliphatic rings. The average molecular weight is 299 g/mol. The minimum absolute atomic E-state index is 0.135. The summed E-state index contributed by atoms with van der Waals surface area (Å²) in [4.78, 5) is 18.7. The van der Waals surface area contributed by atoms with Gasteiger partial charge in [-0.1, -0.05) is 11.6 Å². The first-order chi connectivity index (χ1) is 8.58. The Morgan fingerprint density at radius 2 is 2.33 bits per heavy atom. The molecular formula is C12H11ClN2OS2. The van der Waals surface area contributed by atoms with Gasteiger partial charge >= 0.3 is 0 Å². The predicted octanol–water partition coefficient (Wildman–Crippen LogP) is 3.36. The first-order valence-corrected chi connectivity index (χ1v) is 6.96. The molecule has 94 valence electrons. The number of carbonyl (C=O) groups excluding carboxylic acids is 1. The van der Waals surface area contributed by atoms with E-state index in [9.17, 15) is 4.79 Å². The van der Waals surface area contributed by atoms with Crippen LogP contribution in [0, 0.1) is 0 Å². The number of aromatic nitrogens is 1. The highest BCUT2D eigenvalue weighted by Crippen LogP contribution is 2.21. The Labute approximate surface area is 120 Å². The largest absolute Gasteiger partial charge is 0.336 e. The quantitative estimate of drug-likeness (QED) is 0.882. The number of thiazole rings is 1. The molecule has 0 saturated carbocycles. The van der Waals surface area contributed by atoms with Crippen LogP contribution in [-0.4, -0.2) is 22.8 Å². The Hall–Kier alpha value is -1.04. The van der Waals surface area contributed by atoms with E-state index in [0.29, 0.717) is 22.0 Å². The van der Waals surface area contributed by atoms with Crippen molar-refractivity contribution in [3.8, 4) is 0 Å². The molecule has 0 atom stereocenters. The summed E-state index contributed by atoms with van der Waals surface area (Å²) in [6.07, 6.45) is 0. The lowest BCUT2D eigenvalue weighted by Gasteiger charge is -2.16. The minimum atomic E-state index is -0.135. The lowest BCUT2D eigenvalue weighted by Crippen LogP contribution is -2.26. The lowest BCUT2D eigenvalue weighted by molar-refractivity contribution is 0.0783. The van der Waals surface area contributed by atoms with Crippen LogP contribution in [0.5, 0.6) is 0 Å². The molecule has 0 bridgehead atoms. The molecule has 0 saturated heterocycles. The van der Waals surface area contributed by atoms with Gasteiger partial charge in [0.1, 0.15) is 0 Å². The van der Waals surface area contributed by atoms with Crippen LogP contribution in [0.1, 0.15) is 16.1 Å². The van der Waals surface area contributed by atoms with E-state index in [4.69, 9.17) is 11.6 Å². The minimum Gasteiger partial charge on any atom is -0.336 e. The summed E-state index contributed by atoms with van der Waals surface area (Å²) in [6.45, 7) is 0.468. The third kappa shape index (κ3) is 3.04. The number of benzene rings is 1. The fourth-order valence-corrected chi connectivity index (χ4v) is 2.46. The van der Waals surface area contributed by atoms with E-state index in [1.54, 1.807) is 35.7 Å². The van der Waals surface area contributed by atoms with Gasteiger partial charge in [0.25, 0.3) is 5.91 Å². The van der Waals surface area contributed by atoms with Crippen LogP contribution < -0.4 is 0 Å². The number of hydrogen-bond acceptors (Lipinski definition) is 4.